The minimum absolute atomic E-state index is 0.540. The maximum absolute atomic E-state index is 2.75. The van der Waals surface area contributed by atoms with E-state index in [-0.39, 0.29) is 0 Å². The lowest BCUT2D eigenvalue weighted by Gasteiger charge is -2.53. The van der Waals surface area contributed by atoms with Crippen LogP contribution in [0.1, 0.15) is 67.2 Å². The summed E-state index contributed by atoms with van der Waals surface area (Å²) < 4.78 is 8.23. The Bertz CT molecular complexity index is 303. The molecular weight excluding hydrogens is 331 g/mol. The lowest BCUT2D eigenvalue weighted by Crippen LogP contribution is -2.75. The van der Waals surface area contributed by atoms with Crippen LogP contribution in [0.3, 0.4) is 0 Å². The van der Waals surface area contributed by atoms with Crippen LogP contribution in [-0.2, 0) is 0 Å². The maximum Gasteiger partial charge on any atom is 0.361 e. The van der Waals surface area contributed by atoms with E-state index in [0.29, 0.717) is 19.5 Å². The van der Waals surface area contributed by atoms with Gasteiger partial charge in [-0.1, -0.05) is 54.4 Å². The molecule has 0 aromatic rings. The monoisotopic (exact) mass is 369 g/mol. The third-order valence-corrected chi connectivity index (χ3v) is 7.62. The Morgan fingerprint density at radius 3 is 1.33 bits per heavy atom. The second-order valence-corrected chi connectivity index (χ2v) is 8.81. The van der Waals surface area contributed by atoms with Crippen molar-refractivity contribution < 1.29 is 0 Å². The molecule has 0 aliphatic carbocycles. The highest BCUT2D eigenvalue weighted by Crippen LogP contribution is 2.32. The van der Waals surface area contributed by atoms with Crippen LogP contribution < -0.4 is 0 Å². The van der Waals surface area contributed by atoms with E-state index in [1.165, 1.54) is 43.5 Å². The average molecular weight is 369 g/mol. The summed E-state index contributed by atoms with van der Waals surface area (Å²) in [5.74, 6) is 2.56. The normalized spacial score (nSPS) is 18.0. The Labute approximate surface area is 161 Å². The first-order chi connectivity index (χ1) is 11.7. The third kappa shape index (κ3) is 5.90. The first kappa shape index (κ1) is 22.8. The van der Waals surface area contributed by atoms with E-state index in [1.54, 1.807) is 0 Å². The fourth-order valence-corrected chi connectivity index (χ4v) is 6.82. The van der Waals surface area contributed by atoms with Crippen LogP contribution in [0, 0.1) is 0 Å². The molecule has 1 rings (SSSR count). The number of hydrogen-bond acceptors (Lipinski definition) is 5. The van der Waals surface area contributed by atoms with Gasteiger partial charge in [-0.05, 0) is 50.3 Å². The number of unbranched alkanes of at least 4 members (excludes halogenated alkanes) is 2. The lowest BCUT2D eigenvalue weighted by molar-refractivity contribution is 0.476. The molecular formula is C16H38B3N3S2. The molecule has 0 aromatic heterocycles. The minimum Gasteiger partial charge on any atom is -0.347 e. The molecule has 1 heterocycles. The quantitative estimate of drug-likeness (QED) is 0.369. The van der Waals surface area contributed by atoms with Gasteiger partial charge in [0.15, 0.2) is 0 Å². The fraction of sp³-hybridized carbons (Fsp3) is 1.00. The zero-order valence-corrected chi connectivity index (χ0v) is 18.6. The van der Waals surface area contributed by atoms with Crippen LogP contribution in [0.4, 0.5) is 0 Å². The second-order valence-electron chi connectivity index (χ2n) is 6.48. The van der Waals surface area contributed by atoms with Gasteiger partial charge in [-0.2, -0.15) is 23.2 Å². The van der Waals surface area contributed by atoms with Crippen molar-refractivity contribution in [3.63, 3.8) is 0 Å². The molecule has 0 aromatic carbocycles. The Morgan fingerprint density at radius 2 is 1.04 bits per heavy atom. The molecule has 1 aliphatic rings. The summed E-state index contributed by atoms with van der Waals surface area (Å²) in [5.41, 5.74) is 0. The average Bonchev–Trinajstić information content (AvgIpc) is 2.61. The number of hydrogen-bond donors (Lipinski definition) is 0. The minimum atomic E-state index is 0.540. The van der Waals surface area contributed by atoms with Gasteiger partial charge < -0.3 is 14.2 Å². The zero-order valence-electron chi connectivity index (χ0n) is 17.0. The van der Waals surface area contributed by atoms with Gasteiger partial charge in [0.05, 0.1) is 0 Å². The Kier molecular flexibility index (Phi) is 12.4. The Hall–Kier alpha value is 0.775. The molecule has 0 spiro atoms. The van der Waals surface area contributed by atoms with Gasteiger partial charge in [-0.15, -0.1) is 0 Å². The summed E-state index contributed by atoms with van der Waals surface area (Å²) in [7, 11) is 0. The third-order valence-electron chi connectivity index (χ3n) is 4.89. The van der Waals surface area contributed by atoms with Gasteiger partial charge >= 0.3 is 12.5 Å². The molecule has 0 amide bonds. The first-order valence-corrected chi connectivity index (χ1v) is 12.3. The molecule has 0 radical (unpaired) electrons. The molecule has 1 aliphatic heterocycles. The van der Waals surface area contributed by atoms with Crippen molar-refractivity contribution >= 4 is 42.7 Å². The predicted octanol–water partition coefficient (Wildman–Crippen LogP) is 4.51. The molecule has 24 heavy (non-hydrogen) atoms. The summed E-state index contributed by atoms with van der Waals surface area (Å²) in [4.78, 5) is 0. The van der Waals surface area contributed by atoms with Crippen molar-refractivity contribution in [3.8, 4) is 0 Å². The zero-order chi connectivity index (χ0) is 17.9. The summed E-state index contributed by atoms with van der Waals surface area (Å²) in [5, 5.41) is 0. The topological polar surface area (TPSA) is 9.72 Å². The fourth-order valence-electron chi connectivity index (χ4n) is 3.54. The standard InChI is InChI=1S/C16H38B3N3S2/c1-7-13-15-23-18-20(10-4)17(9-3)21(11-5)19(22(18)12-6)24-16-14-8-2/h7-16H2,1-6H3. The van der Waals surface area contributed by atoms with Crippen LogP contribution in [0.25, 0.3) is 0 Å². The molecule has 3 nitrogen and oxygen atoms in total. The second kappa shape index (κ2) is 13.0. The molecule has 1 saturated heterocycles. The molecule has 8 heteroatoms. The number of rotatable bonds is 12. The van der Waals surface area contributed by atoms with E-state index < -0.39 is 0 Å². The van der Waals surface area contributed by atoms with E-state index in [2.05, 4.69) is 78.9 Å². The first-order valence-electron chi connectivity index (χ1n) is 10.2. The van der Waals surface area contributed by atoms with E-state index in [4.69, 9.17) is 0 Å². The summed E-state index contributed by atoms with van der Waals surface area (Å²) in [6.07, 6.45) is 7.55. The van der Waals surface area contributed by atoms with E-state index >= 15 is 0 Å². The van der Waals surface area contributed by atoms with Gasteiger partial charge in [0.2, 0.25) is 0 Å². The largest absolute Gasteiger partial charge is 0.361 e. The maximum atomic E-state index is 2.75. The van der Waals surface area contributed by atoms with Crippen molar-refractivity contribution in [2.75, 3.05) is 31.1 Å². The van der Waals surface area contributed by atoms with Crippen LogP contribution in [0.2, 0.25) is 6.32 Å². The highest BCUT2D eigenvalue weighted by molar-refractivity contribution is 8.28. The van der Waals surface area contributed by atoms with Crippen LogP contribution in [-0.4, -0.2) is 64.8 Å². The molecule has 0 atom stereocenters. The van der Waals surface area contributed by atoms with Gasteiger partial charge in [-0.25, -0.2) is 0 Å². The van der Waals surface area contributed by atoms with Crippen LogP contribution >= 0.6 is 23.2 Å². The molecule has 0 saturated carbocycles. The highest BCUT2D eigenvalue weighted by atomic mass is 32.2. The summed E-state index contributed by atoms with van der Waals surface area (Å²) >= 11 is 4.35. The molecule has 0 N–H and O–H groups in total. The van der Waals surface area contributed by atoms with Crippen molar-refractivity contribution in [3.05, 3.63) is 0 Å². The van der Waals surface area contributed by atoms with Crippen molar-refractivity contribution in [1.82, 2.24) is 14.2 Å². The smallest absolute Gasteiger partial charge is 0.347 e. The molecule has 1 fully saturated rings. The molecule has 138 valence electrons. The summed E-state index contributed by atoms with van der Waals surface area (Å²) in [6.45, 7) is 18.0. The van der Waals surface area contributed by atoms with Crippen molar-refractivity contribution in [1.29, 1.82) is 0 Å². The number of nitrogens with zero attached hydrogens (tertiary/aromatic N) is 3. The van der Waals surface area contributed by atoms with Gasteiger partial charge in [0.1, 0.15) is 0 Å². The molecule has 0 bridgehead atoms. The van der Waals surface area contributed by atoms with E-state index in [0.717, 1.165) is 19.6 Å². The van der Waals surface area contributed by atoms with Crippen molar-refractivity contribution in [2.24, 2.45) is 0 Å². The van der Waals surface area contributed by atoms with E-state index in [1.807, 2.05) is 0 Å². The summed E-state index contributed by atoms with van der Waals surface area (Å²) in [6, 6.07) is 0. The Morgan fingerprint density at radius 1 is 0.625 bits per heavy atom. The lowest BCUT2D eigenvalue weighted by atomic mass is 9.55. The SMILES string of the molecule is CCCCSB1N(CC)B(CC)N(CC)B(SCCCC)N1CC. The highest BCUT2D eigenvalue weighted by Gasteiger charge is 2.50. The van der Waals surface area contributed by atoms with Crippen LogP contribution in [0.15, 0.2) is 0 Å². The van der Waals surface area contributed by atoms with Crippen LogP contribution in [0.5, 0.6) is 0 Å². The predicted molar refractivity (Wildman–Crippen MR) is 120 cm³/mol. The van der Waals surface area contributed by atoms with Gasteiger partial charge in [-0.3, -0.25) is 0 Å². The Balaban J connectivity index is 2.99. The van der Waals surface area contributed by atoms with E-state index in [9.17, 15) is 0 Å². The van der Waals surface area contributed by atoms with Gasteiger partial charge in [0, 0.05) is 0 Å². The molecule has 0 unspecified atom stereocenters. The van der Waals surface area contributed by atoms with Gasteiger partial charge in [0.25, 0.3) is 6.98 Å². The van der Waals surface area contributed by atoms with Crippen molar-refractivity contribution in [2.45, 2.75) is 73.5 Å².